The van der Waals surface area contributed by atoms with Crippen LogP contribution in [0.15, 0.2) is 0 Å². The maximum absolute atomic E-state index is 5.36. The molecule has 82 valence electrons. The van der Waals surface area contributed by atoms with Gasteiger partial charge < -0.3 is 9.47 Å². The van der Waals surface area contributed by atoms with Crippen LogP contribution in [0.1, 0.15) is 0 Å². The molecule has 0 aromatic rings. The predicted octanol–water partition coefficient (Wildman–Crippen LogP) is 0.593. The second-order valence-corrected chi connectivity index (χ2v) is 5.73. The second-order valence-electron chi connectivity index (χ2n) is 3.62. The van der Waals surface area contributed by atoms with Crippen molar-refractivity contribution < 1.29 is 9.47 Å². The molecule has 2 rings (SSSR count). The fraction of sp³-hybridized carbons (Fsp3) is 1.00. The highest BCUT2D eigenvalue weighted by molar-refractivity contribution is 7.51. The molecule has 2 saturated heterocycles. The molecule has 0 spiro atoms. The van der Waals surface area contributed by atoms with Gasteiger partial charge in [-0.2, -0.15) is 0 Å². The van der Waals surface area contributed by atoms with Gasteiger partial charge in [-0.3, -0.25) is 9.34 Å². The van der Waals surface area contributed by atoms with Crippen molar-refractivity contribution in [3.63, 3.8) is 0 Å². The molecular weight excluding hydrogens is 199 g/mol. The molecule has 5 heteroatoms. The van der Waals surface area contributed by atoms with Crippen molar-refractivity contribution in [3.05, 3.63) is 0 Å². The first-order valence-corrected chi connectivity index (χ1v) is 6.96. The minimum atomic E-state index is -0.110. The Kier molecular flexibility index (Phi) is 4.14. The average molecular weight is 218 g/mol. The van der Waals surface area contributed by atoms with E-state index in [0.717, 1.165) is 52.6 Å². The van der Waals surface area contributed by atoms with Gasteiger partial charge in [0.1, 0.15) is 0 Å². The molecule has 2 aliphatic heterocycles. The van der Waals surface area contributed by atoms with Gasteiger partial charge >= 0.3 is 0 Å². The van der Waals surface area contributed by atoms with Crippen LogP contribution in [0.5, 0.6) is 0 Å². The highest BCUT2D eigenvalue weighted by Crippen LogP contribution is 2.40. The van der Waals surface area contributed by atoms with Crippen LogP contribution in [-0.4, -0.2) is 68.6 Å². The van der Waals surface area contributed by atoms with E-state index in [4.69, 9.17) is 9.47 Å². The zero-order chi connectivity index (χ0) is 9.80. The van der Waals surface area contributed by atoms with Crippen LogP contribution >= 0.6 is 8.22 Å². The molecule has 0 aliphatic carbocycles. The van der Waals surface area contributed by atoms with Gasteiger partial charge in [-0.15, -0.1) is 0 Å². The Morgan fingerprint density at radius 2 is 1.14 bits per heavy atom. The molecule has 0 saturated carbocycles. The lowest BCUT2D eigenvalue weighted by molar-refractivity contribution is 0.0588. The van der Waals surface area contributed by atoms with Gasteiger partial charge in [-0.1, -0.05) is 0 Å². The smallest absolute Gasteiger partial charge is 0.0597 e. The van der Waals surface area contributed by atoms with Crippen molar-refractivity contribution in [2.24, 2.45) is 0 Å². The summed E-state index contributed by atoms with van der Waals surface area (Å²) in [6.07, 6.45) is 0. The molecule has 0 aromatic heterocycles. The summed E-state index contributed by atoms with van der Waals surface area (Å²) in [5.74, 6) is 0. The second kappa shape index (κ2) is 5.38. The Bertz CT molecular complexity index is 152. The molecule has 0 unspecified atom stereocenters. The van der Waals surface area contributed by atoms with Crippen LogP contribution in [0, 0.1) is 0 Å². The molecule has 0 atom stereocenters. The summed E-state index contributed by atoms with van der Waals surface area (Å²) >= 11 is 0. The largest absolute Gasteiger partial charge is 0.379 e. The fourth-order valence-electron chi connectivity index (χ4n) is 1.87. The van der Waals surface area contributed by atoms with Gasteiger partial charge in [-0.25, -0.2) is 0 Å². The van der Waals surface area contributed by atoms with Gasteiger partial charge in [-0.05, 0) is 6.66 Å². The molecule has 2 heterocycles. The SMILES string of the molecule is CP(N1CCOCC1)N1CCOCC1. The highest BCUT2D eigenvalue weighted by atomic mass is 31.1. The normalized spacial score (nSPS) is 27.0. The van der Waals surface area contributed by atoms with E-state index in [1.165, 1.54) is 0 Å². The summed E-state index contributed by atoms with van der Waals surface area (Å²) in [6.45, 7) is 10.3. The Labute approximate surface area is 87.0 Å². The number of ether oxygens (including phenoxy) is 2. The van der Waals surface area contributed by atoms with E-state index in [-0.39, 0.29) is 8.22 Å². The fourth-order valence-corrected chi connectivity index (χ4v) is 3.71. The summed E-state index contributed by atoms with van der Waals surface area (Å²) < 4.78 is 15.8. The molecule has 14 heavy (non-hydrogen) atoms. The van der Waals surface area contributed by atoms with E-state index in [0.29, 0.717) is 0 Å². The van der Waals surface area contributed by atoms with Crippen LogP contribution in [0.4, 0.5) is 0 Å². The topological polar surface area (TPSA) is 24.9 Å². The van der Waals surface area contributed by atoms with Gasteiger partial charge in [0.25, 0.3) is 0 Å². The first-order valence-electron chi connectivity index (χ1n) is 5.27. The Morgan fingerprint density at radius 1 is 0.786 bits per heavy atom. The van der Waals surface area contributed by atoms with Gasteiger partial charge in [0.2, 0.25) is 0 Å². The van der Waals surface area contributed by atoms with E-state index in [2.05, 4.69) is 16.0 Å². The summed E-state index contributed by atoms with van der Waals surface area (Å²) in [6, 6.07) is 0. The van der Waals surface area contributed by atoms with E-state index in [9.17, 15) is 0 Å². The summed E-state index contributed by atoms with van der Waals surface area (Å²) in [5.41, 5.74) is 0. The lowest BCUT2D eigenvalue weighted by Gasteiger charge is -2.40. The van der Waals surface area contributed by atoms with E-state index < -0.39 is 0 Å². The van der Waals surface area contributed by atoms with Crippen LogP contribution in [-0.2, 0) is 9.47 Å². The quantitative estimate of drug-likeness (QED) is 0.633. The molecule has 2 fully saturated rings. The van der Waals surface area contributed by atoms with Crippen LogP contribution in [0.25, 0.3) is 0 Å². The van der Waals surface area contributed by atoms with Gasteiger partial charge in [0.15, 0.2) is 0 Å². The molecule has 0 bridgehead atoms. The number of nitrogens with zero attached hydrogens (tertiary/aromatic N) is 2. The van der Waals surface area contributed by atoms with Crippen molar-refractivity contribution in [3.8, 4) is 0 Å². The van der Waals surface area contributed by atoms with Gasteiger partial charge in [0.05, 0.1) is 26.4 Å². The zero-order valence-corrected chi connectivity index (χ0v) is 9.71. The van der Waals surface area contributed by atoms with E-state index >= 15 is 0 Å². The summed E-state index contributed by atoms with van der Waals surface area (Å²) in [7, 11) is -0.110. The first-order chi connectivity index (χ1) is 6.88. The molecule has 0 N–H and O–H groups in total. The third-order valence-electron chi connectivity index (χ3n) is 2.79. The lowest BCUT2D eigenvalue weighted by atomic mass is 10.5. The van der Waals surface area contributed by atoms with E-state index in [1.54, 1.807) is 0 Å². The monoisotopic (exact) mass is 218 g/mol. The van der Waals surface area contributed by atoms with E-state index in [1.807, 2.05) is 0 Å². The van der Waals surface area contributed by atoms with Crippen molar-refractivity contribution in [1.82, 2.24) is 9.34 Å². The number of hydrogen-bond donors (Lipinski definition) is 0. The van der Waals surface area contributed by atoms with Crippen molar-refractivity contribution >= 4 is 8.22 Å². The van der Waals surface area contributed by atoms with Crippen LogP contribution in [0.2, 0.25) is 0 Å². The van der Waals surface area contributed by atoms with Crippen molar-refractivity contribution in [2.75, 3.05) is 59.3 Å². The van der Waals surface area contributed by atoms with Crippen molar-refractivity contribution in [2.45, 2.75) is 0 Å². The van der Waals surface area contributed by atoms with Crippen molar-refractivity contribution in [1.29, 1.82) is 0 Å². The Hall–Kier alpha value is 0.270. The standard InChI is InChI=1S/C9H19N2O2P/c1-14(10-2-6-12-7-3-10)11-4-8-13-9-5-11/h2-9H2,1H3. The third-order valence-corrected chi connectivity index (χ3v) is 5.23. The minimum absolute atomic E-state index is 0.110. The Balaban J connectivity index is 1.82. The minimum Gasteiger partial charge on any atom is -0.379 e. The first kappa shape index (κ1) is 10.8. The number of morpholine rings is 2. The predicted molar refractivity (Wildman–Crippen MR) is 57.6 cm³/mol. The molecule has 0 aromatic carbocycles. The van der Waals surface area contributed by atoms with Gasteiger partial charge in [0, 0.05) is 34.4 Å². The highest BCUT2D eigenvalue weighted by Gasteiger charge is 2.24. The zero-order valence-electron chi connectivity index (χ0n) is 8.81. The Morgan fingerprint density at radius 3 is 1.50 bits per heavy atom. The molecule has 0 radical (unpaired) electrons. The lowest BCUT2D eigenvalue weighted by Crippen LogP contribution is -2.40. The summed E-state index contributed by atoms with van der Waals surface area (Å²) in [5, 5.41) is 0. The molecule has 2 aliphatic rings. The molecular formula is C9H19N2O2P. The average Bonchev–Trinajstić information content (AvgIpc) is 2.30. The van der Waals surface area contributed by atoms with Crippen LogP contribution < -0.4 is 0 Å². The summed E-state index contributed by atoms with van der Waals surface area (Å²) in [4.78, 5) is 0. The third kappa shape index (κ3) is 2.65. The maximum atomic E-state index is 5.36. The maximum Gasteiger partial charge on any atom is 0.0597 e. The van der Waals surface area contributed by atoms with Crippen LogP contribution in [0.3, 0.4) is 0 Å². The molecule has 4 nitrogen and oxygen atoms in total. The number of rotatable bonds is 2. The molecule has 0 amide bonds. The number of hydrogen-bond acceptors (Lipinski definition) is 4.